The standard InChI is InChI=1S/C21H33N3O2/c1-17-14-19(8-11-23-17)15-22-16-21(26)10-5-12-24(20(21)25)13-9-18-6-3-2-4-7-18/h8,11,14,18,22,26H,2-7,9-10,12-13,15-16H2,1H3. The molecule has 1 aromatic rings. The van der Waals surface area contributed by atoms with Gasteiger partial charge in [0.2, 0.25) is 0 Å². The normalized spacial score (nSPS) is 24.8. The van der Waals surface area contributed by atoms with Crippen LogP contribution in [0.25, 0.3) is 0 Å². The van der Waals surface area contributed by atoms with E-state index < -0.39 is 5.60 Å². The number of aromatic nitrogens is 1. The number of likely N-dealkylation sites (tertiary alicyclic amines) is 1. The van der Waals surface area contributed by atoms with Crippen molar-refractivity contribution in [2.75, 3.05) is 19.6 Å². The highest BCUT2D eigenvalue weighted by Crippen LogP contribution is 2.28. The first-order valence-electron chi connectivity index (χ1n) is 10.2. The van der Waals surface area contributed by atoms with Gasteiger partial charge >= 0.3 is 0 Å². The maximum absolute atomic E-state index is 12.8. The molecule has 0 spiro atoms. The lowest BCUT2D eigenvalue weighted by Gasteiger charge is -2.39. The Balaban J connectivity index is 1.48. The minimum Gasteiger partial charge on any atom is -0.379 e. The van der Waals surface area contributed by atoms with Crippen molar-refractivity contribution >= 4 is 5.91 Å². The van der Waals surface area contributed by atoms with Crippen molar-refractivity contribution in [2.24, 2.45) is 5.92 Å². The Morgan fingerprint density at radius 1 is 1.31 bits per heavy atom. The topological polar surface area (TPSA) is 65.5 Å². The number of aryl methyl sites for hydroxylation is 1. The van der Waals surface area contributed by atoms with E-state index in [1.165, 1.54) is 32.1 Å². The van der Waals surface area contributed by atoms with Gasteiger partial charge in [0.1, 0.15) is 0 Å². The first kappa shape index (κ1) is 19.3. The van der Waals surface area contributed by atoms with Crippen molar-refractivity contribution in [3.8, 4) is 0 Å². The molecule has 1 atom stereocenters. The average molecular weight is 360 g/mol. The predicted molar refractivity (Wildman–Crippen MR) is 103 cm³/mol. The van der Waals surface area contributed by atoms with E-state index in [-0.39, 0.29) is 5.91 Å². The highest BCUT2D eigenvalue weighted by molar-refractivity contribution is 5.86. The monoisotopic (exact) mass is 359 g/mol. The van der Waals surface area contributed by atoms with Crippen LogP contribution in [0.1, 0.15) is 62.6 Å². The van der Waals surface area contributed by atoms with Gasteiger partial charge in [-0.15, -0.1) is 0 Å². The first-order valence-corrected chi connectivity index (χ1v) is 10.2. The summed E-state index contributed by atoms with van der Waals surface area (Å²) in [5, 5.41) is 14.2. The molecule has 1 aliphatic heterocycles. The number of pyridine rings is 1. The molecule has 2 N–H and O–H groups in total. The zero-order valence-electron chi connectivity index (χ0n) is 16.0. The van der Waals surface area contributed by atoms with Gasteiger partial charge in [-0.1, -0.05) is 32.1 Å². The Hall–Kier alpha value is -1.46. The Morgan fingerprint density at radius 2 is 2.12 bits per heavy atom. The highest BCUT2D eigenvalue weighted by atomic mass is 16.3. The van der Waals surface area contributed by atoms with Gasteiger partial charge in [-0.2, -0.15) is 0 Å². The van der Waals surface area contributed by atoms with Crippen molar-refractivity contribution in [1.82, 2.24) is 15.2 Å². The molecule has 1 aromatic heterocycles. The second-order valence-electron chi connectivity index (χ2n) is 8.13. The van der Waals surface area contributed by atoms with Crippen molar-refractivity contribution in [3.63, 3.8) is 0 Å². The van der Waals surface area contributed by atoms with Gasteiger partial charge in [-0.3, -0.25) is 9.78 Å². The second kappa shape index (κ2) is 8.96. The van der Waals surface area contributed by atoms with Crippen LogP contribution in [0, 0.1) is 12.8 Å². The van der Waals surface area contributed by atoms with E-state index in [1.807, 2.05) is 24.0 Å². The number of piperidine rings is 1. The van der Waals surface area contributed by atoms with Crippen LogP contribution in [0.4, 0.5) is 0 Å². The molecule has 5 heteroatoms. The van der Waals surface area contributed by atoms with Gasteiger partial charge in [-0.25, -0.2) is 0 Å². The molecular weight excluding hydrogens is 326 g/mol. The molecule has 1 unspecified atom stereocenters. The van der Waals surface area contributed by atoms with Crippen LogP contribution in [-0.2, 0) is 11.3 Å². The van der Waals surface area contributed by atoms with E-state index in [0.29, 0.717) is 19.5 Å². The number of carbonyl (C=O) groups is 1. The lowest BCUT2D eigenvalue weighted by Crippen LogP contribution is -2.58. The van der Waals surface area contributed by atoms with E-state index in [2.05, 4.69) is 10.3 Å². The summed E-state index contributed by atoms with van der Waals surface area (Å²) in [5.41, 5.74) is 0.844. The van der Waals surface area contributed by atoms with E-state index in [1.54, 1.807) is 6.20 Å². The summed E-state index contributed by atoms with van der Waals surface area (Å²) in [5.74, 6) is 0.678. The molecule has 2 aliphatic rings. The third-order valence-electron chi connectivity index (χ3n) is 5.94. The van der Waals surface area contributed by atoms with Gasteiger partial charge in [0.25, 0.3) is 5.91 Å². The molecule has 0 aromatic carbocycles. The Kier molecular flexibility index (Phi) is 6.65. The van der Waals surface area contributed by atoms with Crippen molar-refractivity contribution in [1.29, 1.82) is 0 Å². The van der Waals surface area contributed by atoms with Crippen LogP contribution in [-0.4, -0.2) is 46.1 Å². The SMILES string of the molecule is Cc1cc(CNCC2(O)CCCN(CCC3CCCCC3)C2=O)ccn1. The molecular formula is C21H33N3O2. The van der Waals surface area contributed by atoms with Crippen LogP contribution < -0.4 is 5.32 Å². The molecule has 1 aliphatic carbocycles. The summed E-state index contributed by atoms with van der Waals surface area (Å²) >= 11 is 0. The van der Waals surface area contributed by atoms with Crippen LogP contribution in [0.2, 0.25) is 0 Å². The minimum atomic E-state index is -1.26. The van der Waals surface area contributed by atoms with Crippen molar-refractivity contribution < 1.29 is 9.90 Å². The van der Waals surface area contributed by atoms with Gasteiger partial charge < -0.3 is 15.3 Å². The summed E-state index contributed by atoms with van der Waals surface area (Å²) in [4.78, 5) is 18.9. The van der Waals surface area contributed by atoms with E-state index in [9.17, 15) is 9.90 Å². The highest BCUT2D eigenvalue weighted by Gasteiger charge is 2.41. The number of carbonyl (C=O) groups excluding carboxylic acids is 1. The largest absolute Gasteiger partial charge is 0.379 e. The zero-order valence-corrected chi connectivity index (χ0v) is 16.0. The third kappa shape index (κ3) is 5.04. The maximum Gasteiger partial charge on any atom is 0.255 e. The fourth-order valence-corrected chi connectivity index (χ4v) is 4.38. The Labute approximate surface area is 157 Å². The summed E-state index contributed by atoms with van der Waals surface area (Å²) in [6.45, 7) is 4.51. The zero-order chi connectivity index (χ0) is 18.4. The van der Waals surface area contributed by atoms with Gasteiger partial charge in [0, 0.05) is 38.1 Å². The van der Waals surface area contributed by atoms with Crippen molar-refractivity contribution in [2.45, 2.75) is 70.4 Å². The van der Waals surface area contributed by atoms with Crippen molar-refractivity contribution in [3.05, 3.63) is 29.6 Å². The van der Waals surface area contributed by atoms with Crippen LogP contribution in [0.5, 0.6) is 0 Å². The third-order valence-corrected chi connectivity index (χ3v) is 5.94. The van der Waals surface area contributed by atoms with Gasteiger partial charge in [-0.05, 0) is 49.8 Å². The summed E-state index contributed by atoms with van der Waals surface area (Å²) in [6, 6.07) is 3.99. The lowest BCUT2D eigenvalue weighted by atomic mass is 9.86. The fourth-order valence-electron chi connectivity index (χ4n) is 4.38. The van der Waals surface area contributed by atoms with Crippen LogP contribution in [0.3, 0.4) is 0 Å². The number of rotatable bonds is 7. The number of nitrogens with one attached hydrogen (secondary N) is 1. The number of hydrogen-bond acceptors (Lipinski definition) is 4. The smallest absolute Gasteiger partial charge is 0.255 e. The Morgan fingerprint density at radius 3 is 2.88 bits per heavy atom. The molecule has 1 saturated carbocycles. The molecule has 26 heavy (non-hydrogen) atoms. The minimum absolute atomic E-state index is 0.0852. The first-order chi connectivity index (χ1) is 12.6. The number of nitrogens with zero attached hydrogens (tertiary/aromatic N) is 2. The van der Waals surface area contributed by atoms with Gasteiger partial charge in [0.15, 0.2) is 5.60 Å². The summed E-state index contributed by atoms with van der Waals surface area (Å²) in [7, 11) is 0. The van der Waals surface area contributed by atoms with Crippen LogP contribution >= 0.6 is 0 Å². The summed E-state index contributed by atoms with van der Waals surface area (Å²) in [6.07, 6.45) is 10.9. The number of hydrogen-bond donors (Lipinski definition) is 2. The van der Waals surface area contributed by atoms with E-state index >= 15 is 0 Å². The van der Waals surface area contributed by atoms with Gasteiger partial charge in [0.05, 0.1) is 0 Å². The number of aliphatic hydroxyl groups is 1. The van der Waals surface area contributed by atoms with E-state index in [4.69, 9.17) is 0 Å². The molecule has 1 amide bonds. The molecule has 144 valence electrons. The quantitative estimate of drug-likeness (QED) is 0.786. The molecule has 2 heterocycles. The second-order valence-corrected chi connectivity index (χ2v) is 8.13. The molecule has 2 fully saturated rings. The van der Waals surface area contributed by atoms with Crippen LogP contribution in [0.15, 0.2) is 18.3 Å². The molecule has 0 radical (unpaired) electrons. The molecule has 1 saturated heterocycles. The predicted octanol–water partition coefficient (Wildman–Crippen LogP) is 2.80. The average Bonchev–Trinajstić information content (AvgIpc) is 2.64. The lowest BCUT2D eigenvalue weighted by molar-refractivity contribution is -0.156. The van der Waals surface area contributed by atoms with E-state index in [0.717, 1.165) is 43.1 Å². The number of amides is 1. The summed E-state index contributed by atoms with van der Waals surface area (Å²) < 4.78 is 0. The molecule has 0 bridgehead atoms. The molecule has 3 rings (SSSR count). The fraction of sp³-hybridized carbons (Fsp3) is 0.714. The molecule has 5 nitrogen and oxygen atoms in total. The Bertz CT molecular complexity index is 601. The maximum atomic E-state index is 12.8.